The Labute approximate surface area is 119 Å². The van der Waals surface area contributed by atoms with Crippen molar-refractivity contribution in [3.8, 4) is 0 Å². The molecule has 0 amide bonds. The van der Waals surface area contributed by atoms with Crippen molar-refractivity contribution in [3.63, 3.8) is 0 Å². The first-order chi connectivity index (χ1) is 8.94. The molecule has 1 aromatic carbocycles. The summed E-state index contributed by atoms with van der Waals surface area (Å²) in [7, 11) is 0. The average Bonchev–Trinajstić information content (AvgIpc) is 2.33. The molecule has 0 spiro atoms. The highest BCUT2D eigenvalue weighted by Gasteiger charge is 2.26. The van der Waals surface area contributed by atoms with Crippen LogP contribution >= 0.6 is 15.9 Å². The van der Waals surface area contributed by atoms with Gasteiger partial charge in [0.15, 0.2) is 0 Å². The number of aryl methyl sites for hydroxylation is 1. The Morgan fingerprint density at radius 3 is 2.79 bits per heavy atom. The third-order valence-corrected chi connectivity index (χ3v) is 3.96. The molecule has 5 heteroatoms. The fourth-order valence-corrected chi connectivity index (χ4v) is 2.90. The lowest BCUT2D eigenvalue weighted by atomic mass is 9.88. The maximum Gasteiger partial charge on any atom is 0.389 e. The summed E-state index contributed by atoms with van der Waals surface area (Å²) in [5.41, 5.74) is 2.66. The van der Waals surface area contributed by atoms with Crippen LogP contribution in [0.2, 0.25) is 0 Å². The average molecular weight is 336 g/mol. The molecule has 0 fully saturated rings. The zero-order chi connectivity index (χ0) is 13.9. The summed E-state index contributed by atoms with van der Waals surface area (Å²) < 4.78 is 37.2. The molecule has 0 aliphatic heterocycles. The van der Waals surface area contributed by atoms with Crippen molar-refractivity contribution < 1.29 is 13.2 Å². The van der Waals surface area contributed by atoms with Crippen LogP contribution in [0.15, 0.2) is 22.7 Å². The molecular formula is C14H17BrF3N. The molecule has 1 N–H and O–H groups in total. The zero-order valence-corrected chi connectivity index (χ0v) is 12.1. The minimum atomic E-state index is -4.03. The maximum atomic E-state index is 12.0. The zero-order valence-electron chi connectivity index (χ0n) is 10.6. The van der Waals surface area contributed by atoms with E-state index in [4.69, 9.17) is 0 Å². The first kappa shape index (κ1) is 14.9. The van der Waals surface area contributed by atoms with E-state index in [9.17, 15) is 13.2 Å². The number of fused-ring (bicyclic) bond motifs is 1. The lowest BCUT2D eigenvalue weighted by molar-refractivity contribution is -0.135. The second-order valence-electron chi connectivity index (χ2n) is 5.03. The molecule has 0 bridgehead atoms. The Morgan fingerprint density at radius 1 is 1.26 bits per heavy atom. The van der Waals surface area contributed by atoms with Gasteiger partial charge < -0.3 is 5.32 Å². The van der Waals surface area contributed by atoms with Crippen LogP contribution in [0.3, 0.4) is 0 Å². The smallest absolute Gasteiger partial charge is 0.314 e. The van der Waals surface area contributed by atoms with E-state index < -0.39 is 12.6 Å². The molecule has 1 atom stereocenters. The van der Waals surface area contributed by atoms with Gasteiger partial charge in [-0.1, -0.05) is 22.0 Å². The van der Waals surface area contributed by atoms with Gasteiger partial charge in [-0.05, 0) is 55.5 Å². The molecular weight excluding hydrogens is 319 g/mol. The van der Waals surface area contributed by atoms with Crippen LogP contribution in [0.4, 0.5) is 13.2 Å². The van der Waals surface area contributed by atoms with Crippen LogP contribution in [-0.4, -0.2) is 18.8 Å². The van der Waals surface area contributed by atoms with E-state index in [1.807, 2.05) is 6.07 Å². The van der Waals surface area contributed by atoms with E-state index in [0.717, 1.165) is 23.7 Å². The van der Waals surface area contributed by atoms with Gasteiger partial charge in [-0.3, -0.25) is 0 Å². The molecule has 2 rings (SSSR count). The van der Waals surface area contributed by atoms with Crippen LogP contribution in [0, 0.1) is 0 Å². The second-order valence-corrected chi connectivity index (χ2v) is 5.94. The monoisotopic (exact) mass is 335 g/mol. The van der Waals surface area contributed by atoms with E-state index in [0.29, 0.717) is 12.6 Å². The standard InChI is InChI=1S/C14H17BrF3N/c15-12-4-2-11-9-13(5-3-10(11)8-12)19-7-1-6-14(16,17)18/h2,4,8,13,19H,1,3,5-7,9H2. The number of nitrogens with one attached hydrogen (secondary N) is 1. The van der Waals surface area contributed by atoms with Crippen LogP contribution in [-0.2, 0) is 12.8 Å². The minimum Gasteiger partial charge on any atom is -0.314 e. The van der Waals surface area contributed by atoms with Crippen molar-refractivity contribution in [3.05, 3.63) is 33.8 Å². The summed E-state index contributed by atoms with van der Waals surface area (Å²) in [5.74, 6) is 0. The van der Waals surface area contributed by atoms with Gasteiger partial charge >= 0.3 is 6.18 Å². The summed E-state index contributed by atoms with van der Waals surface area (Å²) in [6.07, 6.45) is -1.67. The Kier molecular flexibility index (Phi) is 4.90. The molecule has 0 heterocycles. The SMILES string of the molecule is FC(F)(F)CCCNC1CCc2cc(Br)ccc2C1. The number of alkyl halides is 3. The highest BCUT2D eigenvalue weighted by atomic mass is 79.9. The Balaban J connectivity index is 1.77. The topological polar surface area (TPSA) is 12.0 Å². The molecule has 106 valence electrons. The molecule has 19 heavy (non-hydrogen) atoms. The highest BCUT2D eigenvalue weighted by Crippen LogP contribution is 2.25. The molecule has 0 aromatic heterocycles. The van der Waals surface area contributed by atoms with Gasteiger partial charge in [0.2, 0.25) is 0 Å². The van der Waals surface area contributed by atoms with Crippen LogP contribution in [0.5, 0.6) is 0 Å². The molecule has 0 saturated heterocycles. The quantitative estimate of drug-likeness (QED) is 0.811. The van der Waals surface area contributed by atoms with E-state index in [2.05, 4.69) is 33.4 Å². The third kappa shape index (κ3) is 4.80. The molecule has 0 saturated carbocycles. The van der Waals surface area contributed by atoms with Gasteiger partial charge in [0, 0.05) is 16.9 Å². The van der Waals surface area contributed by atoms with Gasteiger partial charge in [0.05, 0.1) is 0 Å². The lowest BCUT2D eigenvalue weighted by Crippen LogP contribution is -2.35. The molecule has 1 aliphatic rings. The maximum absolute atomic E-state index is 12.0. The van der Waals surface area contributed by atoms with E-state index >= 15 is 0 Å². The van der Waals surface area contributed by atoms with E-state index in [-0.39, 0.29) is 6.42 Å². The van der Waals surface area contributed by atoms with Gasteiger partial charge in [-0.15, -0.1) is 0 Å². The van der Waals surface area contributed by atoms with Crippen LogP contribution in [0.1, 0.15) is 30.4 Å². The largest absolute Gasteiger partial charge is 0.389 e. The Morgan fingerprint density at radius 2 is 2.05 bits per heavy atom. The Bertz CT molecular complexity index is 431. The summed E-state index contributed by atoms with van der Waals surface area (Å²) in [5, 5.41) is 3.24. The molecule has 1 nitrogen and oxygen atoms in total. The summed E-state index contributed by atoms with van der Waals surface area (Å²) in [6, 6.07) is 6.56. The van der Waals surface area contributed by atoms with Gasteiger partial charge in [0.1, 0.15) is 0 Å². The van der Waals surface area contributed by atoms with Crippen LogP contribution in [0.25, 0.3) is 0 Å². The van der Waals surface area contributed by atoms with Crippen molar-refractivity contribution in [2.75, 3.05) is 6.54 Å². The lowest BCUT2D eigenvalue weighted by Gasteiger charge is -2.26. The number of hydrogen-bond acceptors (Lipinski definition) is 1. The summed E-state index contributed by atoms with van der Waals surface area (Å²) >= 11 is 3.45. The van der Waals surface area contributed by atoms with Crippen molar-refractivity contribution in [1.82, 2.24) is 5.32 Å². The molecule has 1 aromatic rings. The van der Waals surface area contributed by atoms with Crippen LogP contribution < -0.4 is 5.32 Å². The van der Waals surface area contributed by atoms with Gasteiger partial charge in [-0.25, -0.2) is 0 Å². The molecule has 0 radical (unpaired) electrons. The number of benzene rings is 1. The first-order valence-electron chi connectivity index (χ1n) is 6.51. The number of rotatable bonds is 4. The summed E-state index contributed by atoms with van der Waals surface area (Å²) in [4.78, 5) is 0. The van der Waals surface area contributed by atoms with Crippen molar-refractivity contribution in [1.29, 1.82) is 0 Å². The number of halogens is 4. The van der Waals surface area contributed by atoms with Crippen molar-refractivity contribution >= 4 is 15.9 Å². The first-order valence-corrected chi connectivity index (χ1v) is 7.31. The minimum absolute atomic E-state index is 0.160. The highest BCUT2D eigenvalue weighted by molar-refractivity contribution is 9.10. The van der Waals surface area contributed by atoms with Crippen molar-refractivity contribution in [2.45, 2.75) is 44.3 Å². The third-order valence-electron chi connectivity index (χ3n) is 3.47. The normalized spacial score (nSPS) is 19.3. The van der Waals surface area contributed by atoms with Gasteiger partial charge in [-0.2, -0.15) is 13.2 Å². The predicted molar refractivity (Wildman–Crippen MR) is 73.2 cm³/mol. The predicted octanol–water partition coefficient (Wildman–Crippen LogP) is 4.24. The summed E-state index contributed by atoms with van der Waals surface area (Å²) in [6.45, 7) is 0.441. The number of hydrogen-bond donors (Lipinski definition) is 1. The fraction of sp³-hybridized carbons (Fsp3) is 0.571. The van der Waals surface area contributed by atoms with E-state index in [1.165, 1.54) is 11.1 Å². The fourth-order valence-electron chi connectivity index (χ4n) is 2.49. The molecule has 1 aliphatic carbocycles. The van der Waals surface area contributed by atoms with Gasteiger partial charge in [0.25, 0.3) is 0 Å². The molecule has 1 unspecified atom stereocenters. The Hall–Kier alpha value is -0.550. The second kappa shape index (κ2) is 6.27. The van der Waals surface area contributed by atoms with E-state index in [1.54, 1.807) is 0 Å². The van der Waals surface area contributed by atoms with Crippen molar-refractivity contribution in [2.24, 2.45) is 0 Å².